The van der Waals surface area contributed by atoms with Crippen molar-refractivity contribution >= 4 is 16.5 Å². The topological polar surface area (TPSA) is 19.4 Å². The second-order valence-electron chi connectivity index (χ2n) is 6.08. The van der Waals surface area contributed by atoms with Crippen molar-refractivity contribution in [1.82, 2.24) is 9.88 Å². The lowest BCUT2D eigenvalue weighted by molar-refractivity contribution is 0.313. The van der Waals surface area contributed by atoms with Gasteiger partial charge in [0, 0.05) is 37.1 Å². The number of piperazine rings is 1. The van der Waals surface area contributed by atoms with Crippen LogP contribution in [0.25, 0.3) is 11.3 Å². The first-order chi connectivity index (χ1) is 10.1. The van der Waals surface area contributed by atoms with Crippen LogP contribution < -0.4 is 4.90 Å². The van der Waals surface area contributed by atoms with Crippen molar-refractivity contribution in [3.8, 4) is 11.3 Å². The molecule has 0 N–H and O–H groups in total. The highest BCUT2D eigenvalue weighted by atomic mass is 32.1. The van der Waals surface area contributed by atoms with Crippen molar-refractivity contribution in [1.29, 1.82) is 0 Å². The molecule has 1 aromatic heterocycles. The van der Waals surface area contributed by atoms with E-state index in [2.05, 4.69) is 60.3 Å². The van der Waals surface area contributed by atoms with Gasteiger partial charge in [0.1, 0.15) is 0 Å². The summed E-state index contributed by atoms with van der Waals surface area (Å²) < 4.78 is 0. The van der Waals surface area contributed by atoms with Crippen LogP contribution >= 0.6 is 11.3 Å². The van der Waals surface area contributed by atoms with Crippen LogP contribution in [0.3, 0.4) is 0 Å². The van der Waals surface area contributed by atoms with E-state index < -0.39 is 0 Å². The van der Waals surface area contributed by atoms with Crippen LogP contribution in [0.2, 0.25) is 0 Å². The van der Waals surface area contributed by atoms with Gasteiger partial charge in [0.15, 0.2) is 5.13 Å². The Hall–Kier alpha value is -1.39. The average Bonchev–Trinajstić information content (AvgIpc) is 2.98. The van der Waals surface area contributed by atoms with Crippen molar-refractivity contribution in [3.63, 3.8) is 0 Å². The molecule has 0 bridgehead atoms. The van der Waals surface area contributed by atoms with Gasteiger partial charge in [-0.3, -0.25) is 0 Å². The second kappa shape index (κ2) is 6.16. The molecule has 1 saturated heterocycles. The van der Waals surface area contributed by atoms with E-state index in [1.807, 2.05) is 0 Å². The zero-order valence-corrected chi connectivity index (χ0v) is 13.9. The van der Waals surface area contributed by atoms with E-state index in [4.69, 9.17) is 4.98 Å². The third-order valence-corrected chi connectivity index (χ3v) is 5.04. The summed E-state index contributed by atoms with van der Waals surface area (Å²) in [6, 6.07) is 8.82. The summed E-state index contributed by atoms with van der Waals surface area (Å²) in [6.07, 6.45) is 0. The molecule has 0 spiro atoms. The fraction of sp³-hybridized carbons (Fsp3) is 0.471. The molecule has 112 valence electrons. The van der Waals surface area contributed by atoms with Gasteiger partial charge < -0.3 is 9.80 Å². The predicted octanol–water partition coefficient (Wildman–Crippen LogP) is 3.69. The molecular weight excluding hydrogens is 278 g/mol. The zero-order chi connectivity index (χ0) is 14.8. The van der Waals surface area contributed by atoms with Crippen LogP contribution in [-0.2, 0) is 0 Å². The summed E-state index contributed by atoms with van der Waals surface area (Å²) in [5.41, 5.74) is 3.70. The number of thiazole rings is 1. The lowest BCUT2D eigenvalue weighted by atomic mass is 10.0. The van der Waals surface area contributed by atoms with Crippen LogP contribution in [0.4, 0.5) is 5.13 Å². The van der Waals surface area contributed by atoms with Gasteiger partial charge >= 0.3 is 0 Å². The molecule has 3 nitrogen and oxygen atoms in total. The van der Waals surface area contributed by atoms with Crippen molar-refractivity contribution < 1.29 is 0 Å². The Balaban J connectivity index is 1.75. The summed E-state index contributed by atoms with van der Waals surface area (Å²) in [5, 5.41) is 3.34. The van der Waals surface area contributed by atoms with Crippen LogP contribution in [-0.4, -0.2) is 43.1 Å². The fourth-order valence-electron chi connectivity index (χ4n) is 2.58. The maximum atomic E-state index is 4.83. The minimum Gasteiger partial charge on any atom is -0.346 e. The number of likely N-dealkylation sites (N-methyl/N-ethyl adjacent to an activating group) is 1. The second-order valence-corrected chi connectivity index (χ2v) is 6.92. The third-order valence-electron chi connectivity index (χ3n) is 4.14. The number of hydrogen-bond donors (Lipinski definition) is 0. The number of benzene rings is 1. The van der Waals surface area contributed by atoms with Gasteiger partial charge in [-0.2, -0.15) is 0 Å². The molecular formula is C17H23N3S. The van der Waals surface area contributed by atoms with Crippen molar-refractivity contribution in [2.75, 3.05) is 38.1 Å². The SMILES string of the molecule is CC(C)c1ccc(-c2csc(N3CCN(C)CC3)n2)cc1. The van der Waals surface area contributed by atoms with Crippen LogP contribution in [0.5, 0.6) is 0 Å². The normalized spacial score (nSPS) is 16.7. The average molecular weight is 301 g/mol. The lowest BCUT2D eigenvalue weighted by Gasteiger charge is -2.32. The number of rotatable bonds is 3. The van der Waals surface area contributed by atoms with Gasteiger partial charge in [-0.25, -0.2) is 4.98 Å². The first kappa shape index (κ1) is 14.5. The smallest absolute Gasteiger partial charge is 0.185 e. The minimum atomic E-state index is 0.579. The Kier molecular flexibility index (Phi) is 4.27. The van der Waals surface area contributed by atoms with Crippen LogP contribution in [0.15, 0.2) is 29.6 Å². The van der Waals surface area contributed by atoms with E-state index >= 15 is 0 Å². The van der Waals surface area contributed by atoms with E-state index in [0.29, 0.717) is 5.92 Å². The van der Waals surface area contributed by atoms with E-state index in [-0.39, 0.29) is 0 Å². The quantitative estimate of drug-likeness (QED) is 0.862. The molecule has 1 aliphatic heterocycles. The van der Waals surface area contributed by atoms with Crippen molar-refractivity contribution in [2.45, 2.75) is 19.8 Å². The Bertz CT molecular complexity index is 580. The molecule has 2 heterocycles. The predicted molar refractivity (Wildman–Crippen MR) is 91.3 cm³/mol. The first-order valence-corrected chi connectivity index (χ1v) is 8.51. The minimum absolute atomic E-state index is 0.579. The largest absolute Gasteiger partial charge is 0.346 e. The lowest BCUT2D eigenvalue weighted by Crippen LogP contribution is -2.44. The highest BCUT2D eigenvalue weighted by Gasteiger charge is 2.17. The van der Waals surface area contributed by atoms with Gasteiger partial charge in [-0.1, -0.05) is 38.1 Å². The molecule has 3 rings (SSSR count). The summed E-state index contributed by atoms with van der Waals surface area (Å²) in [5.74, 6) is 0.579. The van der Waals surface area contributed by atoms with Gasteiger partial charge in [-0.05, 0) is 18.5 Å². The molecule has 0 amide bonds. The summed E-state index contributed by atoms with van der Waals surface area (Å²) in [7, 11) is 2.18. The molecule has 1 aliphatic rings. The molecule has 0 atom stereocenters. The van der Waals surface area contributed by atoms with Gasteiger partial charge in [0.2, 0.25) is 0 Å². The Morgan fingerprint density at radius 2 is 1.71 bits per heavy atom. The van der Waals surface area contributed by atoms with Gasteiger partial charge in [-0.15, -0.1) is 11.3 Å². The molecule has 4 heteroatoms. The van der Waals surface area contributed by atoms with E-state index in [9.17, 15) is 0 Å². The van der Waals surface area contributed by atoms with Crippen LogP contribution in [0, 0.1) is 0 Å². The molecule has 2 aromatic rings. The number of nitrogens with zero attached hydrogens (tertiary/aromatic N) is 3. The molecule has 1 aromatic carbocycles. The van der Waals surface area contributed by atoms with E-state index in [1.54, 1.807) is 11.3 Å². The highest BCUT2D eigenvalue weighted by molar-refractivity contribution is 7.14. The Labute approximate surface area is 131 Å². The van der Waals surface area contributed by atoms with Crippen molar-refractivity contribution in [2.24, 2.45) is 0 Å². The summed E-state index contributed by atoms with van der Waals surface area (Å²) in [4.78, 5) is 9.60. The number of hydrogen-bond acceptors (Lipinski definition) is 4. The highest BCUT2D eigenvalue weighted by Crippen LogP contribution is 2.29. The summed E-state index contributed by atoms with van der Waals surface area (Å²) in [6.45, 7) is 8.86. The van der Waals surface area contributed by atoms with E-state index in [0.717, 1.165) is 37.0 Å². The van der Waals surface area contributed by atoms with Crippen LogP contribution in [0.1, 0.15) is 25.3 Å². The maximum absolute atomic E-state index is 4.83. The van der Waals surface area contributed by atoms with E-state index in [1.165, 1.54) is 11.1 Å². The number of aromatic nitrogens is 1. The standard InChI is InChI=1S/C17H23N3S/c1-13(2)14-4-6-15(7-5-14)16-12-21-17(18-16)20-10-8-19(3)9-11-20/h4-7,12-13H,8-11H2,1-3H3. The van der Waals surface area contributed by atoms with Gasteiger partial charge in [0.25, 0.3) is 0 Å². The summed E-state index contributed by atoms with van der Waals surface area (Å²) >= 11 is 1.76. The molecule has 21 heavy (non-hydrogen) atoms. The maximum Gasteiger partial charge on any atom is 0.185 e. The molecule has 0 radical (unpaired) electrons. The molecule has 0 aliphatic carbocycles. The Morgan fingerprint density at radius 3 is 2.33 bits per heavy atom. The Morgan fingerprint density at radius 1 is 1.05 bits per heavy atom. The van der Waals surface area contributed by atoms with Crippen molar-refractivity contribution in [3.05, 3.63) is 35.2 Å². The molecule has 0 unspecified atom stereocenters. The fourth-order valence-corrected chi connectivity index (χ4v) is 3.47. The number of anilines is 1. The molecule has 1 fully saturated rings. The zero-order valence-electron chi connectivity index (χ0n) is 13.0. The first-order valence-electron chi connectivity index (χ1n) is 7.63. The monoisotopic (exact) mass is 301 g/mol. The third kappa shape index (κ3) is 3.27. The molecule has 0 saturated carbocycles. The van der Waals surface area contributed by atoms with Gasteiger partial charge in [0.05, 0.1) is 5.69 Å².